The molecule has 3 heteroatoms. The van der Waals surface area contributed by atoms with Gasteiger partial charge in [-0.3, -0.25) is 0 Å². The van der Waals surface area contributed by atoms with Gasteiger partial charge in [-0.05, 0) is 62.5 Å². The Labute approximate surface area is 162 Å². The molecule has 2 nitrogen and oxygen atoms in total. The first-order chi connectivity index (χ1) is 12.5. The highest BCUT2D eigenvalue weighted by Crippen LogP contribution is 2.42. The van der Waals surface area contributed by atoms with E-state index in [0.717, 1.165) is 30.8 Å². The van der Waals surface area contributed by atoms with Crippen LogP contribution in [-0.2, 0) is 12.8 Å². The highest BCUT2D eigenvalue weighted by molar-refractivity contribution is 6.30. The zero-order valence-electron chi connectivity index (χ0n) is 15.9. The third kappa shape index (κ3) is 4.68. The molecule has 2 aromatic carbocycles. The summed E-state index contributed by atoms with van der Waals surface area (Å²) in [5.41, 5.74) is 1.80. The zero-order chi connectivity index (χ0) is 18.6. The molecule has 1 aliphatic rings. The fourth-order valence-electron chi connectivity index (χ4n) is 4.53. The maximum atomic E-state index is 12.0. The molecule has 1 saturated carbocycles. The van der Waals surface area contributed by atoms with Crippen LogP contribution in [0.15, 0.2) is 54.6 Å². The van der Waals surface area contributed by atoms with Crippen LogP contribution in [0.4, 0.5) is 0 Å². The van der Waals surface area contributed by atoms with E-state index in [4.69, 9.17) is 11.6 Å². The number of benzene rings is 2. The SMILES string of the molecule is CN(C)CC1CCCC(Cc2ccccc2)C1(O)Cc1ccc(Cl)cc1. The standard InChI is InChI=1S/C23H30ClNO/c1-25(2)17-21-10-6-9-20(15-18-7-4-3-5-8-18)23(21,26)16-19-11-13-22(24)14-12-19/h3-5,7-8,11-14,20-21,26H,6,9-10,15-17H2,1-2H3. The van der Waals surface area contributed by atoms with Crippen molar-refractivity contribution in [1.29, 1.82) is 0 Å². The molecule has 0 amide bonds. The predicted molar refractivity (Wildman–Crippen MR) is 110 cm³/mol. The summed E-state index contributed by atoms with van der Waals surface area (Å²) in [6, 6.07) is 18.6. The summed E-state index contributed by atoms with van der Waals surface area (Å²) >= 11 is 6.05. The molecule has 26 heavy (non-hydrogen) atoms. The van der Waals surface area contributed by atoms with Gasteiger partial charge in [-0.1, -0.05) is 60.5 Å². The van der Waals surface area contributed by atoms with E-state index in [1.165, 1.54) is 17.5 Å². The van der Waals surface area contributed by atoms with Gasteiger partial charge < -0.3 is 10.0 Å². The van der Waals surface area contributed by atoms with E-state index in [2.05, 4.69) is 61.5 Å². The fraction of sp³-hybridized carbons (Fsp3) is 0.478. The number of hydrogen-bond acceptors (Lipinski definition) is 2. The minimum Gasteiger partial charge on any atom is -0.389 e. The number of aliphatic hydroxyl groups is 1. The van der Waals surface area contributed by atoms with Gasteiger partial charge in [-0.15, -0.1) is 0 Å². The quantitative estimate of drug-likeness (QED) is 0.785. The second-order valence-corrected chi connectivity index (χ2v) is 8.51. The van der Waals surface area contributed by atoms with E-state index in [9.17, 15) is 5.11 Å². The summed E-state index contributed by atoms with van der Waals surface area (Å²) in [5.74, 6) is 0.565. The van der Waals surface area contributed by atoms with Crippen LogP contribution in [0.2, 0.25) is 5.02 Å². The van der Waals surface area contributed by atoms with Crippen molar-refractivity contribution in [3.63, 3.8) is 0 Å². The van der Waals surface area contributed by atoms with Crippen molar-refractivity contribution in [2.45, 2.75) is 37.7 Å². The maximum absolute atomic E-state index is 12.0. The van der Waals surface area contributed by atoms with Gasteiger partial charge in [0.1, 0.15) is 0 Å². The van der Waals surface area contributed by atoms with Gasteiger partial charge in [0, 0.05) is 23.9 Å². The van der Waals surface area contributed by atoms with E-state index in [1.807, 2.05) is 12.1 Å². The lowest BCUT2D eigenvalue weighted by Crippen LogP contribution is -2.53. The smallest absolute Gasteiger partial charge is 0.0759 e. The molecule has 1 fully saturated rings. The van der Waals surface area contributed by atoms with E-state index in [0.29, 0.717) is 6.42 Å². The third-order valence-electron chi connectivity index (χ3n) is 5.83. The Kier molecular flexibility index (Phi) is 6.39. The summed E-state index contributed by atoms with van der Waals surface area (Å²) in [6.07, 6.45) is 5.00. The molecular weight excluding hydrogens is 342 g/mol. The molecule has 3 atom stereocenters. The highest BCUT2D eigenvalue weighted by Gasteiger charge is 2.46. The van der Waals surface area contributed by atoms with Gasteiger partial charge in [0.25, 0.3) is 0 Å². The van der Waals surface area contributed by atoms with Crippen molar-refractivity contribution >= 4 is 11.6 Å². The monoisotopic (exact) mass is 371 g/mol. The Hall–Kier alpha value is -1.35. The average molecular weight is 372 g/mol. The molecule has 3 unspecified atom stereocenters. The van der Waals surface area contributed by atoms with Crippen LogP contribution in [0.1, 0.15) is 30.4 Å². The lowest BCUT2D eigenvalue weighted by atomic mass is 9.64. The summed E-state index contributed by atoms with van der Waals surface area (Å²) in [6.45, 7) is 0.926. The maximum Gasteiger partial charge on any atom is 0.0759 e. The van der Waals surface area contributed by atoms with E-state index in [-0.39, 0.29) is 11.8 Å². The third-order valence-corrected chi connectivity index (χ3v) is 6.08. The number of rotatable bonds is 6. The summed E-state index contributed by atoms with van der Waals surface area (Å²) in [4.78, 5) is 2.21. The Morgan fingerprint density at radius 2 is 1.62 bits per heavy atom. The summed E-state index contributed by atoms with van der Waals surface area (Å²) in [7, 11) is 4.20. The van der Waals surface area contributed by atoms with Crippen molar-refractivity contribution in [3.8, 4) is 0 Å². The van der Waals surface area contributed by atoms with Crippen LogP contribution in [-0.4, -0.2) is 36.2 Å². The van der Waals surface area contributed by atoms with Gasteiger partial charge in [0.05, 0.1) is 5.60 Å². The summed E-state index contributed by atoms with van der Waals surface area (Å²) < 4.78 is 0. The Balaban J connectivity index is 1.88. The topological polar surface area (TPSA) is 23.5 Å². The molecule has 0 radical (unpaired) electrons. The lowest BCUT2D eigenvalue weighted by molar-refractivity contribution is -0.0997. The molecule has 0 aromatic heterocycles. The average Bonchev–Trinajstić information content (AvgIpc) is 2.61. The largest absolute Gasteiger partial charge is 0.389 e. The minimum absolute atomic E-state index is 0.277. The van der Waals surface area contributed by atoms with Crippen LogP contribution in [0.25, 0.3) is 0 Å². The van der Waals surface area contributed by atoms with Gasteiger partial charge in [0.2, 0.25) is 0 Å². The molecule has 1 aliphatic carbocycles. The van der Waals surface area contributed by atoms with E-state index < -0.39 is 5.60 Å². The van der Waals surface area contributed by atoms with E-state index >= 15 is 0 Å². The first kappa shape index (κ1) is 19.4. The molecule has 1 N–H and O–H groups in total. The number of nitrogens with zero attached hydrogens (tertiary/aromatic N) is 1. The Bertz CT molecular complexity index is 685. The van der Waals surface area contributed by atoms with Crippen molar-refractivity contribution < 1.29 is 5.11 Å². The van der Waals surface area contributed by atoms with Gasteiger partial charge in [-0.25, -0.2) is 0 Å². The highest BCUT2D eigenvalue weighted by atomic mass is 35.5. The van der Waals surface area contributed by atoms with Gasteiger partial charge >= 0.3 is 0 Å². The van der Waals surface area contributed by atoms with Crippen LogP contribution in [0.3, 0.4) is 0 Å². The first-order valence-corrected chi connectivity index (χ1v) is 10.0. The first-order valence-electron chi connectivity index (χ1n) is 9.63. The van der Waals surface area contributed by atoms with Crippen molar-refractivity contribution in [2.24, 2.45) is 11.8 Å². The zero-order valence-corrected chi connectivity index (χ0v) is 16.6. The fourth-order valence-corrected chi connectivity index (χ4v) is 4.66. The van der Waals surface area contributed by atoms with Crippen molar-refractivity contribution in [1.82, 2.24) is 4.90 Å². The lowest BCUT2D eigenvalue weighted by Gasteiger charge is -2.47. The second kappa shape index (κ2) is 8.56. The predicted octanol–water partition coefficient (Wildman–Crippen LogP) is 4.83. The molecule has 0 aliphatic heterocycles. The molecule has 0 heterocycles. The molecule has 0 spiro atoms. The molecule has 0 bridgehead atoms. The van der Waals surface area contributed by atoms with Crippen LogP contribution >= 0.6 is 11.6 Å². The molecule has 2 aromatic rings. The van der Waals surface area contributed by atoms with Gasteiger partial charge in [-0.2, -0.15) is 0 Å². The second-order valence-electron chi connectivity index (χ2n) is 8.07. The Morgan fingerprint density at radius 1 is 0.962 bits per heavy atom. The van der Waals surface area contributed by atoms with Gasteiger partial charge in [0.15, 0.2) is 0 Å². The summed E-state index contributed by atoms with van der Waals surface area (Å²) in [5, 5.41) is 12.7. The molecule has 0 saturated heterocycles. The van der Waals surface area contributed by atoms with Crippen molar-refractivity contribution in [2.75, 3.05) is 20.6 Å². The Morgan fingerprint density at radius 3 is 2.27 bits per heavy atom. The van der Waals surface area contributed by atoms with Crippen molar-refractivity contribution in [3.05, 3.63) is 70.7 Å². The molecular formula is C23H30ClNO. The minimum atomic E-state index is -0.688. The normalized spacial score (nSPS) is 26.2. The van der Waals surface area contributed by atoms with E-state index in [1.54, 1.807) is 0 Å². The molecule has 140 valence electrons. The molecule has 3 rings (SSSR count). The number of hydrogen-bond donors (Lipinski definition) is 1. The van der Waals surface area contributed by atoms with Crippen LogP contribution < -0.4 is 0 Å². The van der Waals surface area contributed by atoms with Crippen LogP contribution in [0.5, 0.6) is 0 Å². The van der Waals surface area contributed by atoms with Crippen LogP contribution in [0, 0.1) is 11.8 Å². The number of halogens is 1.